The highest BCUT2D eigenvalue weighted by Gasteiger charge is 2.39. The Labute approximate surface area is 122 Å². The molecule has 20 heavy (non-hydrogen) atoms. The fraction of sp³-hybridized carbons (Fsp3) is 0.429. The van der Waals surface area contributed by atoms with E-state index >= 15 is 0 Å². The largest absolute Gasteiger partial charge is 0.302 e. The van der Waals surface area contributed by atoms with Crippen LogP contribution in [0.4, 0.5) is 10.1 Å². The number of carbonyl (C=O) groups is 2. The third-order valence-electron chi connectivity index (χ3n) is 3.55. The van der Waals surface area contributed by atoms with Gasteiger partial charge in [-0.25, -0.2) is 4.39 Å². The van der Waals surface area contributed by atoms with Gasteiger partial charge in [0.15, 0.2) is 0 Å². The SMILES string of the molecule is CCN(CC)CCN1C(=O)C(=O)c2c(Cl)ccc(F)c21. The van der Waals surface area contributed by atoms with Crippen molar-refractivity contribution in [2.45, 2.75) is 13.8 Å². The van der Waals surface area contributed by atoms with E-state index in [1.165, 1.54) is 17.0 Å². The van der Waals surface area contributed by atoms with Crippen LogP contribution in [0.15, 0.2) is 12.1 Å². The lowest BCUT2D eigenvalue weighted by Crippen LogP contribution is -2.38. The molecule has 0 saturated carbocycles. The van der Waals surface area contributed by atoms with Crippen molar-refractivity contribution in [1.29, 1.82) is 0 Å². The molecule has 0 radical (unpaired) electrons. The van der Waals surface area contributed by atoms with Crippen molar-refractivity contribution in [3.8, 4) is 0 Å². The Bertz CT molecular complexity index is 558. The van der Waals surface area contributed by atoms with Gasteiger partial charge in [-0.1, -0.05) is 25.4 Å². The van der Waals surface area contributed by atoms with Gasteiger partial charge in [0.25, 0.3) is 11.7 Å². The second-order valence-electron chi connectivity index (χ2n) is 4.57. The molecule has 0 N–H and O–H groups in total. The summed E-state index contributed by atoms with van der Waals surface area (Å²) < 4.78 is 13.9. The minimum atomic E-state index is -0.732. The van der Waals surface area contributed by atoms with Gasteiger partial charge >= 0.3 is 0 Å². The van der Waals surface area contributed by atoms with Gasteiger partial charge in [-0.2, -0.15) is 0 Å². The Morgan fingerprint density at radius 3 is 2.50 bits per heavy atom. The summed E-state index contributed by atoms with van der Waals surface area (Å²) in [6.45, 7) is 6.53. The zero-order valence-corrected chi connectivity index (χ0v) is 12.2. The van der Waals surface area contributed by atoms with Crippen molar-refractivity contribution in [2.75, 3.05) is 31.1 Å². The molecule has 0 aliphatic carbocycles. The predicted molar refractivity (Wildman–Crippen MR) is 75.9 cm³/mol. The van der Waals surface area contributed by atoms with Crippen LogP contribution in [0.1, 0.15) is 24.2 Å². The number of carbonyl (C=O) groups excluding carboxylic acids is 2. The molecular weight excluding hydrogens is 283 g/mol. The number of halogens is 2. The Morgan fingerprint density at radius 1 is 1.25 bits per heavy atom. The minimum absolute atomic E-state index is 0.0136. The molecule has 6 heteroatoms. The lowest BCUT2D eigenvalue weighted by molar-refractivity contribution is -0.114. The molecular formula is C14H16ClFN2O2. The summed E-state index contributed by atoms with van der Waals surface area (Å²) in [5.74, 6) is -2.04. The van der Waals surface area contributed by atoms with Crippen LogP contribution < -0.4 is 4.90 Å². The van der Waals surface area contributed by atoms with Crippen LogP contribution in [0, 0.1) is 5.82 Å². The molecule has 0 fully saturated rings. The van der Waals surface area contributed by atoms with Gasteiger partial charge in [0.2, 0.25) is 0 Å². The molecule has 0 spiro atoms. The van der Waals surface area contributed by atoms with Crippen LogP contribution in [0.25, 0.3) is 0 Å². The van der Waals surface area contributed by atoms with Crippen LogP contribution in [-0.2, 0) is 4.79 Å². The van der Waals surface area contributed by atoms with E-state index in [2.05, 4.69) is 4.90 Å². The highest BCUT2D eigenvalue weighted by atomic mass is 35.5. The third kappa shape index (κ3) is 2.43. The highest BCUT2D eigenvalue weighted by Crippen LogP contribution is 2.36. The number of benzene rings is 1. The maximum atomic E-state index is 13.9. The van der Waals surface area contributed by atoms with Gasteiger partial charge < -0.3 is 9.80 Å². The molecule has 1 aliphatic heterocycles. The smallest absolute Gasteiger partial charge is 0.299 e. The van der Waals surface area contributed by atoms with Crippen molar-refractivity contribution < 1.29 is 14.0 Å². The average molecular weight is 299 g/mol. The van der Waals surface area contributed by atoms with Crippen LogP contribution in [0.3, 0.4) is 0 Å². The van der Waals surface area contributed by atoms with Gasteiger partial charge in [0.05, 0.1) is 16.3 Å². The quantitative estimate of drug-likeness (QED) is 0.784. The number of likely N-dealkylation sites (N-methyl/N-ethyl adjacent to an activating group) is 1. The molecule has 1 aromatic rings. The summed E-state index contributed by atoms with van der Waals surface area (Å²) in [6.07, 6.45) is 0. The Kier molecular flexibility index (Phi) is 4.40. The number of nitrogens with zero attached hydrogens (tertiary/aromatic N) is 2. The first kappa shape index (κ1) is 14.9. The predicted octanol–water partition coefficient (Wildman–Crippen LogP) is 2.35. The lowest BCUT2D eigenvalue weighted by atomic mass is 10.1. The molecule has 108 valence electrons. The fourth-order valence-electron chi connectivity index (χ4n) is 2.35. The number of rotatable bonds is 5. The molecule has 1 aromatic carbocycles. The van der Waals surface area contributed by atoms with Gasteiger partial charge in [-0.3, -0.25) is 9.59 Å². The van der Waals surface area contributed by atoms with Crippen molar-refractivity contribution in [1.82, 2.24) is 4.90 Å². The monoisotopic (exact) mass is 298 g/mol. The Hall–Kier alpha value is -1.46. The third-order valence-corrected chi connectivity index (χ3v) is 3.86. The molecule has 0 saturated heterocycles. The van der Waals surface area contributed by atoms with E-state index in [0.29, 0.717) is 6.54 Å². The normalized spacial score (nSPS) is 14.3. The molecule has 0 bridgehead atoms. The summed E-state index contributed by atoms with van der Waals surface area (Å²) in [5, 5.41) is 0.116. The lowest BCUT2D eigenvalue weighted by Gasteiger charge is -2.23. The van der Waals surface area contributed by atoms with E-state index in [9.17, 15) is 14.0 Å². The fourth-order valence-corrected chi connectivity index (χ4v) is 2.58. The molecule has 0 atom stereocenters. The van der Waals surface area contributed by atoms with Crippen LogP contribution in [-0.4, -0.2) is 42.8 Å². The molecule has 2 rings (SSSR count). The molecule has 1 aliphatic rings. The van der Waals surface area contributed by atoms with E-state index in [1.54, 1.807) is 0 Å². The van der Waals surface area contributed by atoms with E-state index in [-0.39, 0.29) is 22.8 Å². The van der Waals surface area contributed by atoms with Gasteiger partial charge in [0, 0.05) is 13.1 Å². The van der Waals surface area contributed by atoms with Crippen LogP contribution in [0.5, 0.6) is 0 Å². The second-order valence-corrected chi connectivity index (χ2v) is 4.97. The van der Waals surface area contributed by atoms with Crippen molar-refractivity contribution in [2.24, 2.45) is 0 Å². The van der Waals surface area contributed by atoms with Crippen molar-refractivity contribution in [3.05, 3.63) is 28.5 Å². The van der Waals surface area contributed by atoms with E-state index in [1.807, 2.05) is 13.8 Å². The molecule has 0 aromatic heterocycles. The number of hydrogen-bond acceptors (Lipinski definition) is 3. The van der Waals surface area contributed by atoms with E-state index < -0.39 is 17.5 Å². The summed E-state index contributed by atoms with van der Waals surface area (Å²) in [4.78, 5) is 27.2. The highest BCUT2D eigenvalue weighted by molar-refractivity contribution is 6.55. The first-order valence-corrected chi connectivity index (χ1v) is 6.95. The summed E-state index contributed by atoms with van der Waals surface area (Å²) in [5.41, 5.74) is -0.00382. The maximum Gasteiger partial charge on any atom is 0.299 e. The van der Waals surface area contributed by atoms with Crippen LogP contribution >= 0.6 is 11.6 Å². The van der Waals surface area contributed by atoms with Gasteiger partial charge in [-0.05, 0) is 25.2 Å². The first-order chi connectivity index (χ1) is 9.51. The Balaban J connectivity index is 2.31. The number of anilines is 1. The number of hydrogen-bond donors (Lipinski definition) is 0. The van der Waals surface area contributed by atoms with Crippen molar-refractivity contribution in [3.63, 3.8) is 0 Å². The maximum absolute atomic E-state index is 13.9. The topological polar surface area (TPSA) is 40.6 Å². The van der Waals surface area contributed by atoms with Crippen molar-refractivity contribution >= 4 is 29.0 Å². The molecule has 1 amide bonds. The van der Waals surface area contributed by atoms with Gasteiger partial charge in [-0.15, -0.1) is 0 Å². The molecule has 1 heterocycles. The zero-order valence-electron chi connectivity index (χ0n) is 11.4. The standard InChI is InChI=1S/C14H16ClFN2O2/c1-3-17(4-2)7-8-18-12-10(16)6-5-9(15)11(12)13(19)14(18)20/h5-6H,3-4,7-8H2,1-2H3. The number of Topliss-reactive ketones (excluding diaryl/α,β-unsaturated/α-hetero) is 1. The first-order valence-electron chi connectivity index (χ1n) is 6.57. The number of fused-ring (bicyclic) bond motifs is 1. The van der Waals surface area contributed by atoms with Crippen LogP contribution in [0.2, 0.25) is 5.02 Å². The number of amides is 1. The number of ketones is 1. The molecule has 4 nitrogen and oxygen atoms in total. The Morgan fingerprint density at radius 2 is 1.90 bits per heavy atom. The zero-order chi connectivity index (χ0) is 14.9. The minimum Gasteiger partial charge on any atom is -0.302 e. The van der Waals surface area contributed by atoms with Gasteiger partial charge in [0.1, 0.15) is 5.82 Å². The molecule has 0 unspecified atom stereocenters. The average Bonchev–Trinajstić information content (AvgIpc) is 2.70. The van der Waals surface area contributed by atoms with E-state index in [0.717, 1.165) is 13.1 Å². The summed E-state index contributed by atoms with van der Waals surface area (Å²) in [6, 6.07) is 2.48. The van der Waals surface area contributed by atoms with E-state index in [4.69, 9.17) is 11.6 Å². The summed E-state index contributed by atoms with van der Waals surface area (Å²) in [7, 11) is 0. The second kappa shape index (κ2) is 5.89. The summed E-state index contributed by atoms with van der Waals surface area (Å²) >= 11 is 5.91.